The number of benzene rings is 1. The van der Waals surface area contributed by atoms with Gasteiger partial charge in [-0.3, -0.25) is 34.0 Å². The molecule has 6 atom stereocenters. The lowest BCUT2D eigenvalue weighted by Crippen LogP contribution is -2.64. The van der Waals surface area contributed by atoms with Crippen LogP contribution >= 0.6 is 0 Å². The molecular formula is C50H70N8O8. The van der Waals surface area contributed by atoms with Gasteiger partial charge in [0.1, 0.15) is 18.1 Å². The lowest BCUT2D eigenvalue weighted by molar-refractivity contribution is -0.156. The van der Waals surface area contributed by atoms with Crippen LogP contribution in [-0.4, -0.2) is 138 Å². The van der Waals surface area contributed by atoms with Crippen LogP contribution < -0.4 is 15.6 Å². The van der Waals surface area contributed by atoms with Gasteiger partial charge in [-0.25, -0.2) is 5.43 Å². The van der Waals surface area contributed by atoms with Crippen LogP contribution in [0.25, 0.3) is 22.2 Å². The fourth-order valence-electron chi connectivity index (χ4n) is 10.5. The maximum absolute atomic E-state index is 14.8. The number of likely N-dealkylation sites (tertiary alicyclic amines) is 1. The van der Waals surface area contributed by atoms with Gasteiger partial charge in [-0.05, 0) is 94.3 Å². The highest BCUT2D eigenvalue weighted by molar-refractivity contribution is 5.95. The van der Waals surface area contributed by atoms with Gasteiger partial charge >= 0.3 is 5.97 Å². The lowest BCUT2D eigenvalue weighted by Gasteiger charge is -2.44. The Hall–Kier alpha value is -5.32. The zero-order valence-electron chi connectivity index (χ0n) is 40.4. The van der Waals surface area contributed by atoms with E-state index in [0.717, 1.165) is 39.1 Å². The predicted octanol–water partition coefficient (Wildman–Crippen LogP) is 5.04. The summed E-state index contributed by atoms with van der Waals surface area (Å²) in [6, 6.07) is 7.83. The topological polar surface area (TPSA) is 168 Å². The number of hydrogen-bond donors (Lipinski definition) is 2. The number of ether oxygens (including phenoxy) is 3. The first kappa shape index (κ1) is 48.6. The third-order valence-electron chi connectivity index (χ3n) is 13.9. The number of pyridine rings is 1. The average molecular weight is 911 g/mol. The number of morpholine rings is 1. The van der Waals surface area contributed by atoms with Crippen molar-refractivity contribution in [1.29, 1.82) is 0 Å². The smallest absolute Gasteiger partial charge is 0.324 e. The standard InChI is InChI=1S/C50H70N8O8/c1-11-41(59)55-22-19-33(28-55)46(61)54(9)43(31(3)4)45(60)52-39-27-50(8)29-56(23-24-66-50)34-17-18-40-36(25-34)37(44(57(40)12-2)35-15-13-20-51-42(35)32(5)64-10)26-49(6,7)30-65-48(63)38-16-14-21-58(53-38)47(39)62/h11,13,15,17-18,20,25,31-33,38-39,43,53H,1,12,14,16,19,21-24,26-30H2,2-10H3,(H,52,60)/t32-,33-,38-,39-,43-,50-/m0/s1. The van der Waals surface area contributed by atoms with Crippen molar-refractivity contribution in [2.45, 2.75) is 117 Å². The van der Waals surface area contributed by atoms with E-state index in [1.807, 2.05) is 33.8 Å². The van der Waals surface area contributed by atoms with Gasteiger partial charge in [-0.2, -0.15) is 0 Å². The summed E-state index contributed by atoms with van der Waals surface area (Å²) < 4.78 is 20.9. The quantitative estimate of drug-likeness (QED) is 0.207. The molecule has 0 aliphatic carbocycles. The van der Waals surface area contributed by atoms with E-state index in [0.29, 0.717) is 65.0 Å². The number of carbonyl (C=O) groups is 5. The molecule has 3 saturated heterocycles. The van der Waals surface area contributed by atoms with Gasteiger partial charge in [-0.1, -0.05) is 34.3 Å². The Morgan fingerprint density at radius 1 is 1.11 bits per heavy atom. The number of esters is 1. The van der Waals surface area contributed by atoms with Gasteiger partial charge < -0.3 is 38.8 Å². The van der Waals surface area contributed by atoms with Crippen molar-refractivity contribution in [2.75, 3.05) is 65.0 Å². The molecule has 4 aliphatic rings. The molecule has 16 heteroatoms. The Labute approximate surface area is 389 Å². The number of nitrogens with zero attached hydrogens (tertiary/aromatic N) is 6. The fraction of sp³-hybridized carbons (Fsp3) is 0.600. The highest BCUT2D eigenvalue weighted by atomic mass is 16.5. The number of carbonyl (C=O) groups excluding carboxylic acids is 5. The Bertz CT molecular complexity index is 2330. The number of anilines is 1. The number of fused-ring (bicyclic) bond motifs is 6. The number of aromatic nitrogens is 2. The van der Waals surface area contributed by atoms with Crippen LogP contribution in [0.5, 0.6) is 0 Å². The van der Waals surface area contributed by atoms with Crippen LogP contribution in [0.4, 0.5) is 5.69 Å². The van der Waals surface area contributed by atoms with E-state index in [4.69, 9.17) is 19.2 Å². The number of nitrogens with one attached hydrogen (secondary N) is 2. The molecule has 66 heavy (non-hydrogen) atoms. The number of hydrogen-bond acceptors (Lipinski definition) is 11. The maximum atomic E-state index is 14.8. The second kappa shape index (κ2) is 19.9. The van der Waals surface area contributed by atoms with E-state index < -0.39 is 52.8 Å². The van der Waals surface area contributed by atoms with E-state index in [1.54, 1.807) is 25.3 Å². The number of hydrazine groups is 1. The molecule has 0 saturated carbocycles. The second-order valence-corrected chi connectivity index (χ2v) is 19.9. The summed E-state index contributed by atoms with van der Waals surface area (Å²) in [6.07, 6.45) is 4.97. The van der Waals surface area contributed by atoms with E-state index in [9.17, 15) is 24.0 Å². The molecule has 3 fully saturated rings. The van der Waals surface area contributed by atoms with Gasteiger partial charge in [0.2, 0.25) is 17.7 Å². The van der Waals surface area contributed by atoms with Gasteiger partial charge in [0.15, 0.2) is 0 Å². The summed E-state index contributed by atoms with van der Waals surface area (Å²) in [4.78, 5) is 79.8. The van der Waals surface area contributed by atoms with Gasteiger partial charge in [0, 0.05) is 93.6 Å². The zero-order chi connectivity index (χ0) is 47.7. The summed E-state index contributed by atoms with van der Waals surface area (Å²) in [5, 5.41) is 5.60. The highest BCUT2D eigenvalue weighted by Gasteiger charge is 2.44. The average Bonchev–Trinajstić information content (AvgIpc) is 3.92. The predicted molar refractivity (Wildman–Crippen MR) is 252 cm³/mol. The van der Waals surface area contributed by atoms with E-state index in [-0.39, 0.29) is 43.4 Å². The molecule has 6 bridgehead atoms. The Kier molecular flexibility index (Phi) is 14.6. The molecule has 0 radical (unpaired) electrons. The number of amides is 4. The monoisotopic (exact) mass is 911 g/mol. The van der Waals surface area contributed by atoms with Crippen molar-refractivity contribution in [3.05, 3.63) is 60.4 Å². The van der Waals surface area contributed by atoms with E-state index in [2.05, 4.69) is 71.8 Å². The minimum absolute atomic E-state index is 0.116. The third kappa shape index (κ3) is 10.0. The van der Waals surface area contributed by atoms with Crippen LogP contribution in [0.1, 0.15) is 91.5 Å². The van der Waals surface area contributed by atoms with Crippen molar-refractivity contribution in [3.8, 4) is 11.3 Å². The normalized spacial score (nSPS) is 24.7. The largest absolute Gasteiger partial charge is 0.464 e. The highest BCUT2D eigenvalue weighted by Crippen LogP contribution is 2.42. The molecule has 1 aromatic carbocycles. The Morgan fingerprint density at radius 3 is 2.59 bits per heavy atom. The molecule has 16 nitrogen and oxygen atoms in total. The molecular weight excluding hydrogens is 841 g/mol. The molecule has 2 aromatic heterocycles. The minimum Gasteiger partial charge on any atom is -0.464 e. The molecule has 358 valence electrons. The first-order valence-corrected chi connectivity index (χ1v) is 23.6. The van der Waals surface area contributed by atoms with Crippen molar-refractivity contribution in [1.82, 2.24) is 35.1 Å². The third-order valence-corrected chi connectivity index (χ3v) is 13.9. The van der Waals surface area contributed by atoms with E-state index >= 15 is 0 Å². The Morgan fingerprint density at radius 2 is 1.88 bits per heavy atom. The number of likely N-dealkylation sites (N-methyl/N-ethyl adjacent to an activating group) is 1. The SMILES string of the molecule is C=CC(=O)N1CC[C@H](C(=O)N(C)[C@H](C(=O)N[C@H]2C[C@@]3(C)CN(CCO3)c3ccc4c(c3)c(c(-c3cccnc3[C@H](C)OC)n4CC)CC(C)(C)COC(=O)[C@@H]3CCCN(N3)C2=O)C(C)C)C1. The van der Waals surface area contributed by atoms with Crippen LogP contribution in [-0.2, 0) is 51.1 Å². The number of methoxy groups -OCH3 is 1. The molecule has 4 amide bonds. The van der Waals surface area contributed by atoms with Crippen molar-refractivity contribution in [2.24, 2.45) is 17.3 Å². The summed E-state index contributed by atoms with van der Waals surface area (Å²) in [7, 11) is 3.30. The number of cyclic esters (lactones) is 1. The number of rotatable bonds is 10. The van der Waals surface area contributed by atoms with Crippen LogP contribution in [0.3, 0.4) is 0 Å². The molecule has 6 heterocycles. The van der Waals surface area contributed by atoms with Gasteiger partial charge in [-0.15, -0.1) is 0 Å². The van der Waals surface area contributed by atoms with Crippen LogP contribution in [0.15, 0.2) is 49.2 Å². The molecule has 3 aromatic rings. The van der Waals surface area contributed by atoms with Gasteiger partial charge in [0.05, 0.1) is 42.2 Å². The van der Waals surface area contributed by atoms with Crippen LogP contribution in [0.2, 0.25) is 0 Å². The van der Waals surface area contributed by atoms with Gasteiger partial charge in [0.25, 0.3) is 5.91 Å². The van der Waals surface area contributed by atoms with E-state index in [1.165, 1.54) is 16.0 Å². The maximum Gasteiger partial charge on any atom is 0.324 e. The molecule has 0 unspecified atom stereocenters. The molecule has 0 spiro atoms. The Balaban J connectivity index is 1.27. The summed E-state index contributed by atoms with van der Waals surface area (Å²) >= 11 is 0. The summed E-state index contributed by atoms with van der Waals surface area (Å²) in [5.41, 5.74) is 7.82. The molecule has 2 N–H and O–H groups in total. The van der Waals surface area contributed by atoms with Crippen LogP contribution in [0, 0.1) is 17.3 Å². The minimum atomic E-state index is -1.09. The van der Waals surface area contributed by atoms with Crippen molar-refractivity contribution in [3.63, 3.8) is 0 Å². The van der Waals surface area contributed by atoms with Crippen molar-refractivity contribution >= 4 is 46.2 Å². The molecule has 7 rings (SSSR count). The second-order valence-electron chi connectivity index (χ2n) is 19.9. The molecule has 4 aliphatic heterocycles. The first-order chi connectivity index (χ1) is 31.4. The number of aryl methyl sites for hydroxylation is 1. The first-order valence-electron chi connectivity index (χ1n) is 23.6. The summed E-state index contributed by atoms with van der Waals surface area (Å²) in [5.74, 6) is -2.61. The van der Waals surface area contributed by atoms with Crippen molar-refractivity contribution < 1.29 is 38.2 Å². The lowest BCUT2D eigenvalue weighted by atomic mass is 9.84. The fourth-order valence-corrected chi connectivity index (χ4v) is 10.5. The zero-order valence-corrected chi connectivity index (χ0v) is 40.4. The summed E-state index contributed by atoms with van der Waals surface area (Å²) in [6.45, 7) is 20.9.